The van der Waals surface area contributed by atoms with E-state index in [1.54, 1.807) is 23.9 Å². The number of alkyl halides is 3. The summed E-state index contributed by atoms with van der Waals surface area (Å²) in [4.78, 5) is 18.7. The molecule has 0 bridgehead atoms. The maximum atomic E-state index is 12.8. The van der Waals surface area contributed by atoms with Crippen LogP contribution in [0.4, 0.5) is 13.2 Å². The molecule has 1 amide bonds. The molecule has 0 atom stereocenters. The van der Waals surface area contributed by atoms with E-state index in [-0.39, 0.29) is 5.91 Å². The van der Waals surface area contributed by atoms with Crippen molar-refractivity contribution in [2.24, 2.45) is 7.05 Å². The Kier molecular flexibility index (Phi) is 7.56. The van der Waals surface area contributed by atoms with Crippen LogP contribution in [0, 0.1) is 0 Å². The predicted octanol–water partition coefficient (Wildman–Crippen LogP) is 6.99. The third-order valence-electron chi connectivity index (χ3n) is 5.61. The summed E-state index contributed by atoms with van der Waals surface area (Å²) in [5, 5.41) is 2.94. The van der Waals surface area contributed by atoms with Gasteiger partial charge in [0, 0.05) is 34.9 Å². The molecular formula is C26H23BrF3N3OS. The lowest BCUT2D eigenvalue weighted by molar-refractivity contribution is -0.137. The normalized spacial score (nSPS) is 11.7. The number of hydrogen-bond donors (Lipinski definition) is 1. The van der Waals surface area contributed by atoms with E-state index >= 15 is 0 Å². The van der Waals surface area contributed by atoms with E-state index in [0.29, 0.717) is 35.4 Å². The molecule has 182 valence electrons. The van der Waals surface area contributed by atoms with Crippen LogP contribution in [0.3, 0.4) is 0 Å². The topological polar surface area (TPSA) is 46.9 Å². The molecule has 35 heavy (non-hydrogen) atoms. The zero-order valence-corrected chi connectivity index (χ0v) is 21.5. The molecule has 9 heteroatoms. The zero-order valence-electron chi connectivity index (χ0n) is 19.1. The number of thioether (sulfide) groups is 1. The predicted molar refractivity (Wildman–Crippen MR) is 137 cm³/mol. The molecule has 1 heterocycles. The summed E-state index contributed by atoms with van der Waals surface area (Å²) < 4.78 is 41.1. The van der Waals surface area contributed by atoms with E-state index in [1.165, 1.54) is 17.0 Å². The van der Waals surface area contributed by atoms with Gasteiger partial charge in [0.1, 0.15) is 5.82 Å². The second-order valence-electron chi connectivity index (χ2n) is 8.04. The van der Waals surface area contributed by atoms with Crippen molar-refractivity contribution < 1.29 is 18.0 Å². The lowest BCUT2D eigenvalue weighted by Crippen LogP contribution is -2.22. The molecule has 0 spiro atoms. The van der Waals surface area contributed by atoms with Gasteiger partial charge in [0.05, 0.1) is 16.6 Å². The molecule has 0 aliphatic carbocycles. The van der Waals surface area contributed by atoms with Crippen LogP contribution < -0.4 is 5.32 Å². The molecule has 1 N–H and O–H groups in total. The maximum absolute atomic E-state index is 12.8. The van der Waals surface area contributed by atoms with E-state index in [1.807, 2.05) is 35.9 Å². The summed E-state index contributed by atoms with van der Waals surface area (Å²) in [5.74, 6) is 1.48. The molecule has 0 fully saturated rings. The Morgan fingerprint density at radius 3 is 2.34 bits per heavy atom. The van der Waals surface area contributed by atoms with Crippen LogP contribution in [0.2, 0.25) is 0 Å². The van der Waals surface area contributed by atoms with Crippen molar-refractivity contribution in [2.75, 3.05) is 5.75 Å². The van der Waals surface area contributed by atoms with Crippen LogP contribution in [0.25, 0.3) is 11.0 Å². The minimum absolute atomic E-state index is 0.213. The first-order valence-electron chi connectivity index (χ1n) is 11.0. The van der Waals surface area contributed by atoms with Gasteiger partial charge in [0.25, 0.3) is 5.91 Å². The molecule has 4 aromatic rings. The van der Waals surface area contributed by atoms with Crippen molar-refractivity contribution in [3.8, 4) is 0 Å². The van der Waals surface area contributed by atoms with Crippen molar-refractivity contribution in [3.05, 3.63) is 93.2 Å². The number of carbonyl (C=O) groups excluding carboxylic acids is 1. The van der Waals surface area contributed by atoms with Gasteiger partial charge in [-0.1, -0.05) is 31.2 Å². The number of rotatable bonds is 7. The summed E-state index contributed by atoms with van der Waals surface area (Å²) in [6.45, 7) is 2.51. The van der Waals surface area contributed by atoms with Gasteiger partial charge in [-0.15, -0.1) is 11.8 Å². The van der Waals surface area contributed by atoms with Gasteiger partial charge in [-0.2, -0.15) is 13.2 Å². The molecular weight excluding hydrogens is 539 g/mol. The van der Waals surface area contributed by atoms with E-state index in [0.717, 1.165) is 33.4 Å². The van der Waals surface area contributed by atoms with Gasteiger partial charge in [-0.25, -0.2) is 4.98 Å². The number of amides is 1. The molecule has 0 aliphatic heterocycles. The first-order chi connectivity index (χ1) is 16.7. The molecule has 0 saturated carbocycles. The highest BCUT2D eigenvalue weighted by atomic mass is 79.9. The lowest BCUT2D eigenvalue weighted by atomic mass is 10.1. The fraction of sp³-hybridized carbons (Fsp3) is 0.231. The largest absolute Gasteiger partial charge is 0.416 e. The monoisotopic (exact) mass is 561 g/mol. The number of halogens is 4. The highest BCUT2D eigenvalue weighted by molar-refractivity contribution is 9.10. The molecule has 0 unspecified atom stereocenters. The minimum Gasteiger partial charge on any atom is -0.348 e. The third-order valence-corrected chi connectivity index (χ3v) is 7.11. The summed E-state index contributed by atoms with van der Waals surface area (Å²) in [6.07, 6.45) is -4.00. The van der Waals surface area contributed by atoms with E-state index in [4.69, 9.17) is 0 Å². The van der Waals surface area contributed by atoms with E-state index in [9.17, 15) is 18.0 Å². The summed E-state index contributed by atoms with van der Waals surface area (Å²) in [5.41, 5.74) is 2.97. The van der Waals surface area contributed by atoms with Crippen molar-refractivity contribution in [1.29, 1.82) is 0 Å². The first kappa shape index (κ1) is 25.3. The smallest absolute Gasteiger partial charge is 0.348 e. The summed E-state index contributed by atoms with van der Waals surface area (Å²) in [7, 11) is 1.85. The van der Waals surface area contributed by atoms with Crippen LogP contribution in [-0.4, -0.2) is 21.2 Å². The highest BCUT2D eigenvalue weighted by Crippen LogP contribution is 2.30. The number of fused-ring (bicyclic) bond motifs is 1. The third kappa shape index (κ3) is 5.90. The molecule has 3 aromatic carbocycles. The number of benzene rings is 3. The molecule has 0 saturated heterocycles. The number of imidazole rings is 1. The Balaban J connectivity index is 1.50. The van der Waals surface area contributed by atoms with Gasteiger partial charge in [0.15, 0.2) is 0 Å². The zero-order chi connectivity index (χ0) is 25.2. The quantitative estimate of drug-likeness (QED) is 0.247. The number of aryl methyl sites for hydroxylation is 1. The van der Waals surface area contributed by atoms with Gasteiger partial charge < -0.3 is 9.88 Å². The Morgan fingerprint density at radius 1 is 1.06 bits per heavy atom. The molecule has 4 nitrogen and oxygen atoms in total. The molecule has 1 aromatic heterocycles. The van der Waals surface area contributed by atoms with Crippen LogP contribution in [0.5, 0.6) is 0 Å². The van der Waals surface area contributed by atoms with Crippen LogP contribution in [0.1, 0.15) is 39.8 Å². The average Bonchev–Trinajstić information content (AvgIpc) is 3.13. The number of carbonyl (C=O) groups is 1. The molecule has 4 rings (SSSR count). The van der Waals surface area contributed by atoms with E-state index in [2.05, 4.69) is 33.2 Å². The fourth-order valence-electron chi connectivity index (χ4n) is 3.78. The second kappa shape index (κ2) is 10.5. The second-order valence-corrected chi connectivity index (χ2v) is 10.2. The summed E-state index contributed by atoms with van der Waals surface area (Å²) >= 11 is 5.31. The maximum Gasteiger partial charge on any atom is 0.416 e. The summed E-state index contributed by atoms with van der Waals surface area (Å²) in [6, 6.07) is 16.7. The van der Waals surface area contributed by atoms with Crippen LogP contribution >= 0.6 is 27.7 Å². The lowest BCUT2D eigenvalue weighted by Gasteiger charge is -2.08. The molecule has 0 aliphatic rings. The SMILES string of the molecule is CCSc1ccc(CNC(=O)c2cc(Br)c3c(c2)nc(Cc2ccc(C(F)(F)F)cc2)n3C)cc1. The van der Waals surface area contributed by atoms with Crippen molar-refractivity contribution in [2.45, 2.75) is 31.0 Å². The number of aromatic nitrogens is 2. The van der Waals surface area contributed by atoms with Crippen molar-refractivity contribution in [3.63, 3.8) is 0 Å². The Morgan fingerprint density at radius 2 is 1.71 bits per heavy atom. The van der Waals surface area contributed by atoms with Crippen molar-refractivity contribution in [1.82, 2.24) is 14.9 Å². The highest BCUT2D eigenvalue weighted by Gasteiger charge is 2.30. The van der Waals surface area contributed by atoms with Gasteiger partial charge in [0.2, 0.25) is 0 Å². The standard InChI is InChI=1S/C26H23BrF3N3OS/c1-3-35-20-10-6-17(7-11-20)15-31-25(34)18-13-21(27)24-22(14-18)32-23(33(24)2)12-16-4-8-19(9-5-16)26(28,29)30/h4-11,13-14H,3,12,15H2,1-2H3,(H,31,34). The fourth-order valence-corrected chi connectivity index (χ4v) is 5.16. The minimum atomic E-state index is -4.37. The van der Waals surface area contributed by atoms with Gasteiger partial charge >= 0.3 is 6.18 Å². The van der Waals surface area contributed by atoms with Crippen molar-refractivity contribution >= 4 is 44.6 Å². The number of hydrogen-bond acceptors (Lipinski definition) is 3. The first-order valence-corrected chi connectivity index (χ1v) is 12.7. The Bertz CT molecular complexity index is 1350. The number of nitrogens with zero attached hydrogens (tertiary/aromatic N) is 2. The van der Waals surface area contributed by atoms with E-state index < -0.39 is 11.7 Å². The van der Waals surface area contributed by atoms with Gasteiger partial charge in [-0.3, -0.25) is 4.79 Å². The number of nitrogens with one attached hydrogen (secondary N) is 1. The Labute approximate surface area is 214 Å². The van der Waals surface area contributed by atoms with Crippen LogP contribution in [0.15, 0.2) is 70.0 Å². The average molecular weight is 562 g/mol. The van der Waals surface area contributed by atoms with Crippen LogP contribution in [-0.2, 0) is 26.2 Å². The van der Waals surface area contributed by atoms with Gasteiger partial charge in [-0.05, 0) is 69.2 Å². The molecule has 0 radical (unpaired) electrons. The Hall–Kier alpha value is -2.78.